The Morgan fingerprint density at radius 1 is 1.29 bits per heavy atom. The average Bonchev–Trinajstić information content (AvgIpc) is 3.44. The van der Waals surface area contributed by atoms with Gasteiger partial charge in [0.05, 0.1) is 11.2 Å². The van der Waals surface area contributed by atoms with Crippen molar-refractivity contribution < 1.29 is 22.4 Å². The predicted molar refractivity (Wildman–Crippen MR) is 111 cm³/mol. The monoisotopic (exact) mass is 437 g/mol. The van der Waals surface area contributed by atoms with Crippen LogP contribution in [0.25, 0.3) is 17.0 Å². The molecule has 0 spiro atoms. The molecule has 166 valence electrons. The van der Waals surface area contributed by atoms with Crippen molar-refractivity contribution in [3.63, 3.8) is 0 Å². The van der Waals surface area contributed by atoms with Crippen LogP contribution in [0.3, 0.4) is 0 Å². The molecular formula is C22H23F4N3O2. The second-order valence-electron chi connectivity index (χ2n) is 8.25. The first-order valence-corrected chi connectivity index (χ1v) is 10.2. The van der Waals surface area contributed by atoms with E-state index < -0.39 is 17.9 Å². The molecule has 31 heavy (non-hydrogen) atoms. The minimum absolute atomic E-state index is 0.0924. The van der Waals surface area contributed by atoms with E-state index >= 15 is 4.39 Å². The molecule has 1 aromatic carbocycles. The standard InChI is InChI=1S/C22H23F4N3O2/c1-3-15-16-6-7-17(30)29(14-4-5-14)19(16)12(2)20(18(15)23)28-9-8-13(11-28)10-27-21(31)22(24,25)26/h3,6-7,13-14H,1,4-5,8-11H2,2H3,(H,27,31). The number of carbonyl (C=O) groups excluding carboxylic acids is 1. The molecule has 2 aliphatic rings. The summed E-state index contributed by atoms with van der Waals surface area (Å²) in [5.74, 6) is -2.67. The fourth-order valence-electron chi connectivity index (χ4n) is 4.49. The fourth-order valence-corrected chi connectivity index (χ4v) is 4.49. The maximum absolute atomic E-state index is 15.5. The van der Waals surface area contributed by atoms with Crippen LogP contribution in [-0.4, -0.2) is 36.3 Å². The summed E-state index contributed by atoms with van der Waals surface area (Å²) in [7, 11) is 0. The van der Waals surface area contributed by atoms with Gasteiger partial charge in [0.2, 0.25) is 0 Å². The molecule has 1 saturated heterocycles. The van der Waals surface area contributed by atoms with Gasteiger partial charge in [-0.1, -0.05) is 12.7 Å². The summed E-state index contributed by atoms with van der Waals surface area (Å²) in [6, 6.07) is 3.16. The predicted octanol–water partition coefficient (Wildman–Crippen LogP) is 3.93. The maximum Gasteiger partial charge on any atom is 0.471 e. The molecule has 4 rings (SSSR count). The molecule has 1 unspecified atom stereocenters. The molecule has 1 N–H and O–H groups in total. The van der Waals surface area contributed by atoms with Crippen molar-refractivity contribution in [2.24, 2.45) is 5.92 Å². The lowest BCUT2D eigenvalue weighted by atomic mass is 10.00. The van der Waals surface area contributed by atoms with E-state index in [0.29, 0.717) is 47.2 Å². The fraction of sp³-hybridized carbons (Fsp3) is 0.455. The number of hydrogen-bond donors (Lipinski definition) is 1. The number of amides is 1. The summed E-state index contributed by atoms with van der Waals surface area (Å²) in [6.07, 6.45) is -1.20. The van der Waals surface area contributed by atoms with Gasteiger partial charge in [-0.25, -0.2) is 4.39 Å². The zero-order valence-corrected chi connectivity index (χ0v) is 17.1. The lowest BCUT2D eigenvalue weighted by molar-refractivity contribution is -0.173. The summed E-state index contributed by atoms with van der Waals surface area (Å²) in [4.78, 5) is 25.4. The molecule has 0 radical (unpaired) electrons. The smallest absolute Gasteiger partial charge is 0.369 e. The maximum atomic E-state index is 15.5. The zero-order valence-electron chi connectivity index (χ0n) is 17.1. The highest BCUT2D eigenvalue weighted by Gasteiger charge is 2.39. The molecule has 1 amide bonds. The summed E-state index contributed by atoms with van der Waals surface area (Å²) < 4.78 is 54.6. The molecule has 5 nitrogen and oxygen atoms in total. The van der Waals surface area contributed by atoms with Gasteiger partial charge in [0.25, 0.3) is 5.56 Å². The number of nitrogens with one attached hydrogen (secondary N) is 1. The Labute approximate surface area is 176 Å². The molecule has 0 bridgehead atoms. The Bertz CT molecular complexity index is 1120. The third-order valence-corrected chi connectivity index (χ3v) is 6.10. The Balaban J connectivity index is 1.70. The highest BCUT2D eigenvalue weighted by molar-refractivity contribution is 5.95. The number of anilines is 1. The van der Waals surface area contributed by atoms with Crippen LogP contribution in [0.4, 0.5) is 23.2 Å². The SMILES string of the molecule is C=Cc1c(F)c(N2CCC(CNC(=O)C(F)(F)F)C2)c(C)c2c1ccc(=O)n2C1CC1. The number of aromatic nitrogens is 1. The van der Waals surface area contributed by atoms with Gasteiger partial charge in [0.15, 0.2) is 5.82 Å². The van der Waals surface area contributed by atoms with E-state index in [1.807, 2.05) is 5.32 Å². The summed E-state index contributed by atoms with van der Waals surface area (Å²) in [5, 5.41) is 2.53. The molecule has 1 aromatic heterocycles. The molecule has 2 fully saturated rings. The molecule has 2 heterocycles. The topological polar surface area (TPSA) is 54.3 Å². The van der Waals surface area contributed by atoms with Crippen LogP contribution in [-0.2, 0) is 4.79 Å². The third-order valence-electron chi connectivity index (χ3n) is 6.10. The van der Waals surface area contributed by atoms with Crippen molar-refractivity contribution in [3.8, 4) is 0 Å². The molecule has 9 heteroatoms. The minimum atomic E-state index is -4.93. The van der Waals surface area contributed by atoms with Gasteiger partial charge in [-0.15, -0.1) is 0 Å². The van der Waals surface area contributed by atoms with E-state index in [2.05, 4.69) is 6.58 Å². The van der Waals surface area contributed by atoms with E-state index in [1.54, 1.807) is 22.5 Å². The van der Waals surface area contributed by atoms with Crippen LogP contribution in [0, 0.1) is 18.7 Å². The number of nitrogens with zero attached hydrogens (tertiary/aromatic N) is 2. The molecular weight excluding hydrogens is 414 g/mol. The summed E-state index contributed by atoms with van der Waals surface area (Å²) >= 11 is 0. The van der Waals surface area contributed by atoms with Crippen LogP contribution in [0.1, 0.15) is 36.4 Å². The Hall–Kier alpha value is -2.84. The first kappa shape index (κ1) is 21.4. The van der Waals surface area contributed by atoms with Crippen molar-refractivity contribution in [3.05, 3.63) is 46.0 Å². The quantitative estimate of drug-likeness (QED) is 0.722. The highest BCUT2D eigenvalue weighted by Crippen LogP contribution is 2.41. The Morgan fingerprint density at radius 3 is 2.61 bits per heavy atom. The van der Waals surface area contributed by atoms with Gasteiger partial charge in [0.1, 0.15) is 0 Å². The van der Waals surface area contributed by atoms with Crippen LogP contribution < -0.4 is 15.8 Å². The largest absolute Gasteiger partial charge is 0.471 e. The second-order valence-corrected chi connectivity index (χ2v) is 8.25. The number of pyridine rings is 1. The van der Waals surface area contributed by atoms with Gasteiger partial charge in [-0.2, -0.15) is 13.2 Å². The molecule has 1 aliphatic heterocycles. The highest BCUT2D eigenvalue weighted by atomic mass is 19.4. The first-order chi connectivity index (χ1) is 14.6. The van der Waals surface area contributed by atoms with E-state index in [0.717, 1.165) is 12.8 Å². The number of hydrogen-bond acceptors (Lipinski definition) is 3. The first-order valence-electron chi connectivity index (χ1n) is 10.2. The number of carbonyl (C=O) groups is 1. The van der Waals surface area contributed by atoms with Gasteiger partial charge in [0, 0.05) is 42.7 Å². The van der Waals surface area contributed by atoms with Crippen molar-refractivity contribution >= 4 is 28.6 Å². The number of rotatable bonds is 5. The van der Waals surface area contributed by atoms with Gasteiger partial charge >= 0.3 is 12.1 Å². The molecule has 2 aromatic rings. The minimum Gasteiger partial charge on any atom is -0.369 e. The van der Waals surface area contributed by atoms with Crippen LogP contribution in [0.15, 0.2) is 23.5 Å². The number of alkyl halides is 3. The van der Waals surface area contributed by atoms with Crippen molar-refractivity contribution in [1.82, 2.24) is 9.88 Å². The number of fused-ring (bicyclic) bond motifs is 1. The number of benzene rings is 1. The second kappa shape index (κ2) is 7.69. The molecule has 1 saturated carbocycles. The van der Waals surface area contributed by atoms with Crippen molar-refractivity contribution in [1.29, 1.82) is 0 Å². The average molecular weight is 437 g/mol. The van der Waals surface area contributed by atoms with Crippen molar-refractivity contribution in [2.45, 2.75) is 38.4 Å². The summed E-state index contributed by atoms with van der Waals surface area (Å²) in [6.45, 7) is 6.11. The number of halogens is 4. The number of aryl methyl sites for hydroxylation is 1. The normalized spacial score (nSPS) is 19.1. The van der Waals surface area contributed by atoms with Gasteiger partial charge in [-0.3, -0.25) is 9.59 Å². The Morgan fingerprint density at radius 2 is 2.00 bits per heavy atom. The van der Waals surface area contributed by atoms with Crippen LogP contribution in [0.5, 0.6) is 0 Å². The van der Waals surface area contributed by atoms with Gasteiger partial charge < -0.3 is 14.8 Å². The van der Waals surface area contributed by atoms with Crippen molar-refractivity contribution in [2.75, 3.05) is 24.5 Å². The van der Waals surface area contributed by atoms with E-state index in [9.17, 15) is 22.8 Å². The van der Waals surface area contributed by atoms with Crippen LogP contribution in [0.2, 0.25) is 0 Å². The lowest BCUT2D eigenvalue weighted by Crippen LogP contribution is -2.39. The zero-order chi connectivity index (χ0) is 22.5. The molecule has 1 aliphatic carbocycles. The van der Waals surface area contributed by atoms with E-state index in [-0.39, 0.29) is 24.1 Å². The Kier molecular flexibility index (Phi) is 5.31. The lowest BCUT2D eigenvalue weighted by Gasteiger charge is -2.25. The summed E-state index contributed by atoms with van der Waals surface area (Å²) in [5.41, 5.74) is 1.81. The molecule has 1 atom stereocenters. The third kappa shape index (κ3) is 3.81. The van der Waals surface area contributed by atoms with Crippen LogP contribution >= 0.6 is 0 Å². The van der Waals surface area contributed by atoms with Gasteiger partial charge in [-0.05, 0) is 43.7 Å². The van der Waals surface area contributed by atoms with E-state index in [1.165, 1.54) is 12.1 Å². The van der Waals surface area contributed by atoms with E-state index in [4.69, 9.17) is 0 Å².